The minimum atomic E-state index is -0.293. The lowest BCUT2D eigenvalue weighted by atomic mass is 10.2. The van der Waals surface area contributed by atoms with Crippen LogP contribution in [0.4, 0.5) is 0 Å². The molecular weight excluding hydrogens is 351 g/mol. The summed E-state index contributed by atoms with van der Waals surface area (Å²) in [5, 5.41) is 3.53. The van der Waals surface area contributed by atoms with Gasteiger partial charge in [-0.25, -0.2) is 4.98 Å². The number of rotatable bonds is 3. The van der Waals surface area contributed by atoms with Crippen molar-refractivity contribution < 1.29 is 4.79 Å². The SMILES string of the molecule is O=C(NCc1ccccc1Cl)c1cc(Br)cnc1Cl. The largest absolute Gasteiger partial charge is 0.348 e. The van der Waals surface area contributed by atoms with Crippen LogP contribution in [0, 0.1) is 0 Å². The third-order valence-electron chi connectivity index (χ3n) is 2.45. The maximum Gasteiger partial charge on any atom is 0.254 e. The number of halogens is 3. The predicted octanol–water partition coefficient (Wildman–Crippen LogP) is 4.08. The van der Waals surface area contributed by atoms with E-state index in [9.17, 15) is 4.79 Å². The summed E-state index contributed by atoms with van der Waals surface area (Å²) in [6.45, 7) is 0.335. The van der Waals surface area contributed by atoms with E-state index in [1.807, 2.05) is 18.2 Å². The maximum absolute atomic E-state index is 12.0. The number of benzene rings is 1. The number of amides is 1. The van der Waals surface area contributed by atoms with Crippen molar-refractivity contribution in [3.63, 3.8) is 0 Å². The van der Waals surface area contributed by atoms with Gasteiger partial charge in [-0.15, -0.1) is 0 Å². The zero-order valence-electron chi connectivity index (χ0n) is 9.66. The van der Waals surface area contributed by atoms with Gasteiger partial charge in [-0.1, -0.05) is 41.4 Å². The number of hydrogen-bond donors (Lipinski definition) is 1. The van der Waals surface area contributed by atoms with Crippen LogP contribution in [0.5, 0.6) is 0 Å². The second-order valence-electron chi connectivity index (χ2n) is 3.77. The Bertz CT molecular complexity index is 619. The summed E-state index contributed by atoms with van der Waals surface area (Å²) in [5.41, 5.74) is 1.17. The molecule has 6 heteroatoms. The Balaban J connectivity index is 2.10. The molecule has 0 aliphatic carbocycles. The van der Waals surface area contributed by atoms with Crippen LogP contribution in [-0.2, 0) is 6.54 Å². The lowest BCUT2D eigenvalue weighted by molar-refractivity contribution is 0.0950. The van der Waals surface area contributed by atoms with Gasteiger partial charge < -0.3 is 5.32 Å². The molecule has 0 spiro atoms. The molecule has 1 heterocycles. The summed E-state index contributed by atoms with van der Waals surface area (Å²) in [6, 6.07) is 8.95. The van der Waals surface area contributed by atoms with E-state index in [0.29, 0.717) is 21.6 Å². The number of carbonyl (C=O) groups excluding carboxylic acids is 1. The normalized spacial score (nSPS) is 10.3. The van der Waals surface area contributed by atoms with Gasteiger partial charge in [0.1, 0.15) is 5.15 Å². The van der Waals surface area contributed by atoms with Crippen molar-refractivity contribution in [1.29, 1.82) is 0 Å². The zero-order valence-corrected chi connectivity index (χ0v) is 12.8. The van der Waals surface area contributed by atoms with Gasteiger partial charge in [-0.05, 0) is 33.6 Å². The van der Waals surface area contributed by atoms with E-state index in [2.05, 4.69) is 26.2 Å². The average molecular weight is 360 g/mol. The standard InChI is InChI=1S/C13H9BrCl2N2O/c14-9-5-10(12(16)17-7-9)13(19)18-6-8-3-1-2-4-11(8)15/h1-5,7H,6H2,(H,18,19). The Morgan fingerprint density at radius 1 is 1.32 bits per heavy atom. The van der Waals surface area contributed by atoms with Crippen LogP contribution >= 0.6 is 39.1 Å². The molecule has 2 aromatic rings. The van der Waals surface area contributed by atoms with E-state index in [1.54, 1.807) is 12.1 Å². The Morgan fingerprint density at radius 2 is 2.05 bits per heavy atom. The first-order chi connectivity index (χ1) is 9.08. The molecule has 0 aliphatic heterocycles. The maximum atomic E-state index is 12.0. The molecule has 0 aliphatic rings. The van der Waals surface area contributed by atoms with E-state index >= 15 is 0 Å². The van der Waals surface area contributed by atoms with Crippen LogP contribution in [0.2, 0.25) is 10.2 Å². The monoisotopic (exact) mass is 358 g/mol. The molecule has 0 bridgehead atoms. The van der Waals surface area contributed by atoms with Crippen molar-refractivity contribution in [2.45, 2.75) is 6.54 Å². The first kappa shape index (κ1) is 14.3. The summed E-state index contributed by atoms with van der Waals surface area (Å²) < 4.78 is 0.694. The van der Waals surface area contributed by atoms with Crippen molar-refractivity contribution in [2.24, 2.45) is 0 Å². The summed E-state index contributed by atoms with van der Waals surface area (Å²) >= 11 is 15.1. The van der Waals surface area contributed by atoms with Gasteiger partial charge in [-0.2, -0.15) is 0 Å². The van der Waals surface area contributed by atoms with E-state index < -0.39 is 0 Å². The molecule has 0 atom stereocenters. The highest BCUT2D eigenvalue weighted by Gasteiger charge is 2.12. The first-order valence-corrected chi connectivity index (χ1v) is 6.95. The van der Waals surface area contributed by atoms with Gasteiger partial charge in [-0.3, -0.25) is 4.79 Å². The van der Waals surface area contributed by atoms with Gasteiger partial charge in [0.05, 0.1) is 5.56 Å². The molecule has 0 unspecified atom stereocenters. The van der Waals surface area contributed by atoms with Crippen molar-refractivity contribution in [1.82, 2.24) is 10.3 Å². The topological polar surface area (TPSA) is 42.0 Å². The molecule has 1 amide bonds. The Labute approximate surface area is 129 Å². The Kier molecular flexibility index (Phi) is 4.80. The molecule has 0 radical (unpaired) electrons. The van der Waals surface area contributed by atoms with Gasteiger partial charge >= 0.3 is 0 Å². The molecule has 0 saturated carbocycles. The lowest BCUT2D eigenvalue weighted by Crippen LogP contribution is -2.23. The zero-order chi connectivity index (χ0) is 13.8. The van der Waals surface area contributed by atoms with Gasteiger partial charge in [0, 0.05) is 22.2 Å². The smallest absolute Gasteiger partial charge is 0.254 e. The van der Waals surface area contributed by atoms with Crippen molar-refractivity contribution in [3.05, 3.63) is 62.3 Å². The van der Waals surface area contributed by atoms with Crippen LogP contribution in [0.1, 0.15) is 15.9 Å². The number of aromatic nitrogens is 1. The van der Waals surface area contributed by atoms with E-state index in [1.165, 1.54) is 6.20 Å². The fourth-order valence-corrected chi connectivity index (χ4v) is 2.22. The molecule has 1 aromatic heterocycles. The van der Waals surface area contributed by atoms with Crippen LogP contribution in [0.15, 0.2) is 41.0 Å². The van der Waals surface area contributed by atoms with Crippen molar-refractivity contribution in [3.8, 4) is 0 Å². The Hall–Kier alpha value is -1.10. The molecule has 3 nitrogen and oxygen atoms in total. The summed E-state index contributed by atoms with van der Waals surface area (Å²) in [7, 11) is 0. The summed E-state index contributed by atoms with van der Waals surface area (Å²) in [4.78, 5) is 15.9. The fourth-order valence-electron chi connectivity index (χ4n) is 1.49. The van der Waals surface area contributed by atoms with Gasteiger partial charge in [0.15, 0.2) is 0 Å². The summed E-state index contributed by atoms with van der Waals surface area (Å²) in [5.74, 6) is -0.293. The third-order valence-corrected chi connectivity index (χ3v) is 3.55. The molecule has 0 fully saturated rings. The minimum Gasteiger partial charge on any atom is -0.348 e. The average Bonchev–Trinajstić information content (AvgIpc) is 2.40. The minimum absolute atomic E-state index is 0.167. The van der Waals surface area contributed by atoms with E-state index in [-0.39, 0.29) is 11.1 Å². The molecular formula is C13H9BrCl2N2O. The highest BCUT2D eigenvalue weighted by atomic mass is 79.9. The highest BCUT2D eigenvalue weighted by Crippen LogP contribution is 2.19. The van der Waals surface area contributed by atoms with Gasteiger partial charge in [0.25, 0.3) is 5.91 Å². The molecule has 0 saturated heterocycles. The highest BCUT2D eigenvalue weighted by molar-refractivity contribution is 9.10. The molecule has 98 valence electrons. The number of carbonyl (C=O) groups is 1. The second-order valence-corrected chi connectivity index (χ2v) is 5.45. The summed E-state index contributed by atoms with van der Waals surface area (Å²) in [6.07, 6.45) is 1.53. The molecule has 1 N–H and O–H groups in total. The fraction of sp³-hybridized carbons (Fsp3) is 0.0769. The first-order valence-electron chi connectivity index (χ1n) is 5.40. The van der Waals surface area contributed by atoms with Crippen LogP contribution in [0.25, 0.3) is 0 Å². The van der Waals surface area contributed by atoms with Crippen LogP contribution in [-0.4, -0.2) is 10.9 Å². The third kappa shape index (κ3) is 3.69. The van der Waals surface area contributed by atoms with E-state index in [4.69, 9.17) is 23.2 Å². The molecule has 2 rings (SSSR count). The number of nitrogens with zero attached hydrogens (tertiary/aromatic N) is 1. The molecule has 19 heavy (non-hydrogen) atoms. The quantitative estimate of drug-likeness (QED) is 0.839. The second kappa shape index (κ2) is 6.37. The number of nitrogens with one attached hydrogen (secondary N) is 1. The molecule has 1 aromatic carbocycles. The predicted molar refractivity (Wildman–Crippen MR) is 79.6 cm³/mol. The lowest BCUT2D eigenvalue weighted by Gasteiger charge is -2.08. The Morgan fingerprint density at radius 3 is 2.79 bits per heavy atom. The van der Waals surface area contributed by atoms with E-state index in [0.717, 1.165) is 5.56 Å². The van der Waals surface area contributed by atoms with Crippen molar-refractivity contribution in [2.75, 3.05) is 0 Å². The number of hydrogen-bond acceptors (Lipinski definition) is 2. The van der Waals surface area contributed by atoms with Gasteiger partial charge in [0.2, 0.25) is 0 Å². The van der Waals surface area contributed by atoms with Crippen molar-refractivity contribution >= 4 is 45.0 Å². The number of pyridine rings is 1. The van der Waals surface area contributed by atoms with Crippen LogP contribution in [0.3, 0.4) is 0 Å². The van der Waals surface area contributed by atoms with Crippen LogP contribution < -0.4 is 5.32 Å².